The van der Waals surface area contributed by atoms with Crippen molar-refractivity contribution >= 4 is 33.7 Å². The molecule has 0 bridgehead atoms. The molecule has 0 saturated heterocycles. The number of para-hydroxylation sites is 1. The fraction of sp³-hybridized carbons (Fsp3) is 0.452. The van der Waals surface area contributed by atoms with Crippen molar-refractivity contribution in [2.75, 3.05) is 5.32 Å². The summed E-state index contributed by atoms with van der Waals surface area (Å²) in [5, 5.41) is 7.80. The molecule has 0 unspecified atom stereocenters. The van der Waals surface area contributed by atoms with E-state index in [4.69, 9.17) is 9.97 Å². The number of carbonyl (C=O) groups excluding carboxylic acids is 1. The van der Waals surface area contributed by atoms with E-state index in [0.717, 1.165) is 64.9 Å². The molecule has 5 rings (SSSR count). The number of pyridine rings is 1. The van der Waals surface area contributed by atoms with Gasteiger partial charge in [0.05, 0.1) is 11.0 Å². The molecule has 2 heterocycles. The summed E-state index contributed by atoms with van der Waals surface area (Å²) in [6.45, 7) is 10.0. The van der Waals surface area contributed by atoms with Crippen LogP contribution in [-0.4, -0.2) is 26.0 Å². The summed E-state index contributed by atoms with van der Waals surface area (Å²) in [6.07, 6.45) is 6.21. The Labute approximate surface area is 219 Å². The van der Waals surface area contributed by atoms with Gasteiger partial charge in [0.2, 0.25) is 5.91 Å². The van der Waals surface area contributed by atoms with Crippen LogP contribution in [0.25, 0.3) is 21.9 Å². The Balaban J connectivity index is 1.48. The van der Waals surface area contributed by atoms with Gasteiger partial charge in [-0.15, -0.1) is 0 Å². The summed E-state index contributed by atoms with van der Waals surface area (Å²) in [4.78, 5) is 22.2. The van der Waals surface area contributed by atoms with E-state index in [-0.39, 0.29) is 11.4 Å². The minimum atomic E-state index is -0.125. The normalized spacial score (nSPS) is 13.8. The molecule has 2 aromatic carbocycles. The predicted molar refractivity (Wildman–Crippen MR) is 152 cm³/mol. The molecule has 1 amide bonds. The molecule has 1 fully saturated rings. The second kappa shape index (κ2) is 10.5. The highest BCUT2D eigenvalue weighted by Gasteiger charge is 2.24. The largest absolute Gasteiger partial charge is 0.364 e. The SMILES string of the molecule is CCCCc1nc2c(NC(C)(C)C)nc3ccccc3c2n1Cc1ccc(CNC(=O)CC2CC2)cc1. The molecule has 1 aliphatic rings. The Morgan fingerprint density at radius 1 is 1.03 bits per heavy atom. The predicted octanol–water partition coefficient (Wildman–Crippen LogP) is 6.60. The van der Waals surface area contributed by atoms with E-state index < -0.39 is 0 Å². The van der Waals surface area contributed by atoms with Crippen LogP contribution in [0.3, 0.4) is 0 Å². The summed E-state index contributed by atoms with van der Waals surface area (Å²) < 4.78 is 2.38. The third-order valence-corrected chi connectivity index (χ3v) is 6.93. The lowest BCUT2D eigenvalue weighted by Gasteiger charge is -2.22. The molecule has 4 aromatic rings. The highest BCUT2D eigenvalue weighted by Crippen LogP contribution is 2.33. The fourth-order valence-corrected chi connectivity index (χ4v) is 4.82. The molecule has 37 heavy (non-hydrogen) atoms. The van der Waals surface area contributed by atoms with Crippen LogP contribution >= 0.6 is 0 Å². The van der Waals surface area contributed by atoms with Gasteiger partial charge >= 0.3 is 0 Å². The van der Waals surface area contributed by atoms with Crippen LogP contribution in [0.1, 0.15) is 76.8 Å². The molecule has 194 valence electrons. The lowest BCUT2D eigenvalue weighted by molar-refractivity contribution is -0.121. The number of benzene rings is 2. The number of carbonyl (C=O) groups is 1. The third kappa shape index (κ3) is 6.12. The minimum absolute atomic E-state index is 0.125. The van der Waals surface area contributed by atoms with Crippen molar-refractivity contribution in [3.05, 3.63) is 65.5 Å². The number of nitrogens with one attached hydrogen (secondary N) is 2. The molecule has 6 heteroatoms. The van der Waals surface area contributed by atoms with Crippen LogP contribution in [-0.2, 0) is 24.3 Å². The number of imidazole rings is 1. The van der Waals surface area contributed by atoms with Crippen LogP contribution in [0, 0.1) is 5.92 Å². The highest BCUT2D eigenvalue weighted by atomic mass is 16.1. The smallest absolute Gasteiger partial charge is 0.220 e. The van der Waals surface area contributed by atoms with E-state index in [1.807, 2.05) is 6.07 Å². The van der Waals surface area contributed by atoms with Crippen molar-refractivity contribution in [2.24, 2.45) is 5.92 Å². The molecular formula is C31H39N5O. The van der Waals surface area contributed by atoms with Gasteiger partial charge in [0.25, 0.3) is 0 Å². The Bertz CT molecular complexity index is 1390. The van der Waals surface area contributed by atoms with Crippen molar-refractivity contribution in [3.8, 4) is 0 Å². The molecular weight excluding hydrogens is 458 g/mol. The second-order valence-corrected chi connectivity index (χ2v) is 11.5. The number of hydrogen-bond donors (Lipinski definition) is 2. The first-order valence-corrected chi connectivity index (χ1v) is 13.7. The number of amides is 1. The molecule has 1 saturated carbocycles. The zero-order valence-electron chi connectivity index (χ0n) is 22.6. The van der Waals surface area contributed by atoms with Crippen LogP contribution in [0.2, 0.25) is 0 Å². The first-order chi connectivity index (χ1) is 17.8. The number of aromatic nitrogens is 3. The maximum atomic E-state index is 12.1. The molecule has 0 aliphatic heterocycles. The molecule has 6 nitrogen and oxygen atoms in total. The minimum Gasteiger partial charge on any atom is -0.364 e. The molecule has 1 aliphatic carbocycles. The van der Waals surface area contributed by atoms with Crippen LogP contribution in [0.15, 0.2) is 48.5 Å². The molecule has 0 spiro atoms. The van der Waals surface area contributed by atoms with Crippen LogP contribution in [0.5, 0.6) is 0 Å². The topological polar surface area (TPSA) is 71.8 Å². The van der Waals surface area contributed by atoms with E-state index in [1.54, 1.807) is 0 Å². The van der Waals surface area contributed by atoms with Gasteiger partial charge in [-0.25, -0.2) is 9.97 Å². The number of unbranched alkanes of at least 4 members (excludes halogenated alkanes) is 1. The second-order valence-electron chi connectivity index (χ2n) is 11.5. The summed E-state index contributed by atoms with van der Waals surface area (Å²) in [6, 6.07) is 17.0. The highest BCUT2D eigenvalue weighted by molar-refractivity contribution is 6.07. The summed E-state index contributed by atoms with van der Waals surface area (Å²) in [5.74, 6) is 2.72. The average Bonchev–Trinajstić information content (AvgIpc) is 3.60. The van der Waals surface area contributed by atoms with E-state index in [1.165, 1.54) is 18.4 Å². The zero-order valence-corrected chi connectivity index (χ0v) is 22.6. The van der Waals surface area contributed by atoms with Gasteiger partial charge in [-0.3, -0.25) is 4.79 Å². The Kier molecular flexibility index (Phi) is 7.18. The van der Waals surface area contributed by atoms with Gasteiger partial charge in [0, 0.05) is 36.9 Å². The van der Waals surface area contributed by atoms with Crippen LogP contribution in [0.4, 0.5) is 5.82 Å². The van der Waals surface area contributed by atoms with Gasteiger partial charge in [-0.2, -0.15) is 0 Å². The standard InChI is InChI=1S/C31H39N5O/c1-5-6-11-26-34-28-29(24-9-7-8-10-25(24)33-30(28)35-31(2,3)4)36(26)20-23-16-14-22(15-17-23)19-32-27(37)18-21-12-13-21/h7-10,14-17,21H,5-6,11-13,18-20H2,1-4H3,(H,32,37)(H,33,35). The zero-order chi connectivity index (χ0) is 26.0. The van der Waals surface area contributed by atoms with E-state index in [2.05, 4.69) is 85.4 Å². The number of rotatable bonds is 10. The summed E-state index contributed by atoms with van der Waals surface area (Å²) >= 11 is 0. The van der Waals surface area contributed by atoms with Gasteiger partial charge in [0.1, 0.15) is 11.3 Å². The first-order valence-electron chi connectivity index (χ1n) is 13.7. The van der Waals surface area contributed by atoms with E-state index >= 15 is 0 Å². The number of anilines is 1. The van der Waals surface area contributed by atoms with E-state index in [0.29, 0.717) is 18.9 Å². The monoisotopic (exact) mass is 497 g/mol. The summed E-state index contributed by atoms with van der Waals surface area (Å²) in [5.41, 5.74) is 5.27. The van der Waals surface area contributed by atoms with Crippen molar-refractivity contribution in [2.45, 2.75) is 84.8 Å². The van der Waals surface area contributed by atoms with Crippen LogP contribution < -0.4 is 10.6 Å². The summed E-state index contributed by atoms with van der Waals surface area (Å²) in [7, 11) is 0. The first kappa shape index (κ1) is 25.2. The average molecular weight is 498 g/mol. The third-order valence-electron chi connectivity index (χ3n) is 6.93. The number of hydrogen-bond acceptors (Lipinski definition) is 4. The maximum absolute atomic E-state index is 12.1. The Hall–Kier alpha value is -3.41. The Morgan fingerprint density at radius 2 is 1.76 bits per heavy atom. The lowest BCUT2D eigenvalue weighted by atomic mass is 10.1. The number of nitrogens with zero attached hydrogens (tertiary/aromatic N) is 3. The quantitative estimate of drug-likeness (QED) is 0.259. The van der Waals surface area contributed by atoms with Crippen molar-refractivity contribution in [1.29, 1.82) is 0 Å². The van der Waals surface area contributed by atoms with Gasteiger partial charge in [-0.1, -0.05) is 55.8 Å². The van der Waals surface area contributed by atoms with Gasteiger partial charge in [-0.05, 0) is 63.1 Å². The molecule has 2 aromatic heterocycles. The number of aryl methyl sites for hydroxylation is 1. The van der Waals surface area contributed by atoms with Gasteiger partial charge < -0.3 is 15.2 Å². The fourth-order valence-electron chi connectivity index (χ4n) is 4.82. The molecule has 0 atom stereocenters. The molecule has 2 N–H and O–H groups in total. The van der Waals surface area contributed by atoms with Crippen molar-refractivity contribution < 1.29 is 4.79 Å². The van der Waals surface area contributed by atoms with Gasteiger partial charge in [0.15, 0.2) is 5.82 Å². The number of fused-ring (bicyclic) bond motifs is 3. The van der Waals surface area contributed by atoms with E-state index in [9.17, 15) is 4.79 Å². The Morgan fingerprint density at radius 3 is 2.46 bits per heavy atom. The van der Waals surface area contributed by atoms with Crippen molar-refractivity contribution in [1.82, 2.24) is 19.9 Å². The lowest BCUT2D eigenvalue weighted by Crippen LogP contribution is -2.26. The maximum Gasteiger partial charge on any atom is 0.220 e. The molecule has 0 radical (unpaired) electrons. The van der Waals surface area contributed by atoms with Crippen molar-refractivity contribution in [3.63, 3.8) is 0 Å².